The molecule has 0 saturated carbocycles. The average Bonchev–Trinajstić information content (AvgIpc) is 1.61. The van der Waals surface area contributed by atoms with E-state index < -0.39 is 0 Å². The number of nitrogens with zero attached hydrogens (tertiary/aromatic N) is 1. The Hall–Kier alpha value is -0.970. The first kappa shape index (κ1) is 6.03. The Morgan fingerprint density at radius 1 is 2.00 bits per heavy atom. The molecule has 0 aliphatic rings. The van der Waals surface area contributed by atoms with Crippen molar-refractivity contribution in [1.82, 2.24) is 0 Å². The minimum Gasteiger partial charge on any atom is -0.388 e. The summed E-state index contributed by atoms with van der Waals surface area (Å²) in [5.74, 6) is 2.87. The molecule has 2 N–H and O–H groups in total. The fraction of sp³-hybridized carbons (Fsp3) is 0.400. The van der Waals surface area contributed by atoms with Crippen molar-refractivity contribution < 1.29 is 0 Å². The minimum absolute atomic E-state index is 0.391. The molecule has 2 heteroatoms. The van der Waals surface area contributed by atoms with E-state index in [1.807, 2.05) is 0 Å². The molecule has 0 amide bonds. The highest BCUT2D eigenvalue weighted by Crippen LogP contribution is 1.64. The van der Waals surface area contributed by atoms with Crippen LogP contribution >= 0.6 is 0 Å². The number of amidine groups is 1. The van der Waals surface area contributed by atoms with Gasteiger partial charge in [-0.3, -0.25) is 4.99 Å². The van der Waals surface area contributed by atoms with E-state index >= 15 is 0 Å². The van der Waals surface area contributed by atoms with Crippen LogP contribution in [0.2, 0.25) is 0 Å². The van der Waals surface area contributed by atoms with Gasteiger partial charge in [0.15, 0.2) is 0 Å². The van der Waals surface area contributed by atoms with Crippen molar-refractivity contribution in [2.75, 3.05) is 6.54 Å². The van der Waals surface area contributed by atoms with E-state index in [1.165, 1.54) is 0 Å². The molecule has 38 valence electrons. The molecule has 0 saturated heterocycles. The molecule has 0 unspecified atom stereocenters. The number of hydrogen-bond acceptors (Lipinski definition) is 1. The molecule has 0 aromatic heterocycles. The van der Waals surface area contributed by atoms with Crippen molar-refractivity contribution in [2.45, 2.75) is 6.92 Å². The highest BCUT2D eigenvalue weighted by Gasteiger charge is 1.70. The summed E-state index contributed by atoms with van der Waals surface area (Å²) in [7, 11) is 0. The lowest BCUT2D eigenvalue weighted by atomic mass is 10.6. The van der Waals surface area contributed by atoms with Gasteiger partial charge in [-0.1, -0.05) is 5.92 Å². The standard InChI is InChI=1S/C5H8N2/c1-3-4-7-5(2)6/h1H,4H2,2H3,(H2,6,7). The van der Waals surface area contributed by atoms with Crippen LogP contribution in [0.4, 0.5) is 0 Å². The predicted molar refractivity (Wildman–Crippen MR) is 31.0 cm³/mol. The summed E-state index contributed by atoms with van der Waals surface area (Å²) in [6.45, 7) is 2.10. The van der Waals surface area contributed by atoms with Crippen molar-refractivity contribution in [3.63, 3.8) is 0 Å². The average molecular weight is 96.1 g/mol. The van der Waals surface area contributed by atoms with Crippen LogP contribution in [-0.4, -0.2) is 12.4 Å². The van der Waals surface area contributed by atoms with Crippen LogP contribution in [0.25, 0.3) is 0 Å². The van der Waals surface area contributed by atoms with Gasteiger partial charge in [-0.05, 0) is 6.92 Å². The van der Waals surface area contributed by atoms with E-state index in [-0.39, 0.29) is 0 Å². The third-order valence-corrected chi connectivity index (χ3v) is 0.420. The maximum Gasteiger partial charge on any atom is 0.101 e. The second kappa shape index (κ2) is 3.23. The van der Waals surface area contributed by atoms with Gasteiger partial charge in [-0.15, -0.1) is 6.42 Å². The lowest BCUT2D eigenvalue weighted by Gasteiger charge is -1.81. The summed E-state index contributed by atoms with van der Waals surface area (Å²) in [6.07, 6.45) is 4.86. The highest BCUT2D eigenvalue weighted by atomic mass is 14.8. The van der Waals surface area contributed by atoms with Crippen LogP contribution in [-0.2, 0) is 0 Å². The number of aliphatic imine (C=N–C) groups is 1. The largest absolute Gasteiger partial charge is 0.388 e. The topological polar surface area (TPSA) is 38.4 Å². The first-order valence-electron chi connectivity index (χ1n) is 1.97. The Bertz CT molecular complexity index is 104. The van der Waals surface area contributed by atoms with E-state index in [0.717, 1.165) is 0 Å². The van der Waals surface area contributed by atoms with Gasteiger partial charge in [0.05, 0.1) is 5.84 Å². The van der Waals surface area contributed by atoms with Gasteiger partial charge in [0.25, 0.3) is 0 Å². The molecular formula is C5H8N2. The second-order valence-corrected chi connectivity index (χ2v) is 1.16. The van der Waals surface area contributed by atoms with Crippen LogP contribution in [0.15, 0.2) is 4.99 Å². The third kappa shape index (κ3) is 5.03. The molecule has 0 aliphatic heterocycles. The minimum atomic E-state index is 0.391. The van der Waals surface area contributed by atoms with Crippen LogP contribution in [0.3, 0.4) is 0 Å². The Kier molecular flexibility index (Phi) is 2.78. The molecule has 0 rings (SSSR count). The van der Waals surface area contributed by atoms with Crippen molar-refractivity contribution >= 4 is 5.84 Å². The van der Waals surface area contributed by atoms with Crippen LogP contribution in [0.1, 0.15) is 6.92 Å². The molecule has 0 radical (unpaired) electrons. The Morgan fingerprint density at radius 3 is 2.71 bits per heavy atom. The fourth-order valence-electron chi connectivity index (χ4n) is 0.170. The molecule has 0 aromatic carbocycles. The molecule has 0 aromatic rings. The molecule has 0 heterocycles. The Balaban J connectivity index is 3.32. The van der Waals surface area contributed by atoms with Gasteiger partial charge < -0.3 is 5.73 Å². The molecule has 7 heavy (non-hydrogen) atoms. The maximum absolute atomic E-state index is 5.13. The second-order valence-electron chi connectivity index (χ2n) is 1.16. The van der Waals surface area contributed by atoms with Crippen molar-refractivity contribution in [2.24, 2.45) is 10.7 Å². The molecule has 0 atom stereocenters. The molecule has 2 nitrogen and oxygen atoms in total. The smallest absolute Gasteiger partial charge is 0.101 e. The third-order valence-electron chi connectivity index (χ3n) is 0.420. The van der Waals surface area contributed by atoms with E-state index in [2.05, 4.69) is 10.9 Å². The van der Waals surface area contributed by atoms with Gasteiger partial charge in [0.1, 0.15) is 6.54 Å². The van der Waals surface area contributed by atoms with E-state index in [4.69, 9.17) is 12.2 Å². The van der Waals surface area contributed by atoms with E-state index in [1.54, 1.807) is 6.92 Å². The summed E-state index contributed by atoms with van der Waals surface area (Å²) in [5.41, 5.74) is 5.13. The summed E-state index contributed by atoms with van der Waals surface area (Å²) in [4.78, 5) is 3.70. The van der Waals surface area contributed by atoms with Gasteiger partial charge in [-0.25, -0.2) is 0 Å². The molecule has 0 fully saturated rings. The summed E-state index contributed by atoms with van der Waals surface area (Å²) >= 11 is 0. The summed E-state index contributed by atoms with van der Waals surface area (Å²) in [6, 6.07) is 0. The monoisotopic (exact) mass is 96.1 g/mol. The van der Waals surface area contributed by atoms with Crippen LogP contribution < -0.4 is 5.73 Å². The first-order valence-corrected chi connectivity index (χ1v) is 1.97. The zero-order valence-electron chi connectivity index (χ0n) is 4.31. The van der Waals surface area contributed by atoms with Crippen LogP contribution in [0, 0.1) is 12.3 Å². The number of hydrogen-bond donors (Lipinski definition) is 1. The predicted octanol–water partition coefficient (Wildman–Crippen LogP) is -0.00330. The number of nitrogens with two attached hydrogens (primary N) is 1. The van der Waals surface area contributed by atoms with Crippen molar-refractivity contribution in [1.29, 1.82) is 0 Å². The van der Waals surface area contributed by atoms with Gasteiger partial charge in [0.2, 0.25) is 0 Å². The normalized spacial score (nSPS) is 10.6. The fourth-order valence-corrected chi connectivity index (χ4v) is 0.170. The number of terminal acetylenes is 1. The SMILES string of the molecule is C#CCN=C(C)N. The summed E-state index contributed by atoms with van der Waals surface area (Å²) in [5, 5.41) is 0. The quantitative estimate of drug-likeness (QED) is 0.278. The van der Waals surface area contributed by atoms with Crippen molar-refractivity contribution in [3.8, 4) is 12.3 Å². The zero-order chi connectivity index (χ0) is 5.70. The summed E-state index contributed by atoms with van der Waals surface area (Å²) < 4.78 is 0. The van der Waals surface area contributed by atoms with E-state index in [0.29, 0.717) is 12.4 Å². The highest BCUT2D eigenvalue weighted by molar-refractivity contribution is 5.77. The van der Waals surface area contributed by atoms with Gasteiger partial charge in [-0.2, -0.15) is 0 Å². The Labute approximate surface area is 43.4 Å². The zero-order valence-corrected chi connectivity index (χ0v) is 4.31. The van der Waals surface area contributed by atoms with E-state index in [9.17, 15) is 0 Å². The van der Waals surface area contributed by atoms with Gasteiger partial charge >= 0.3 is 0 Å². The molecule has 0 aliphatic carbocycles. The Morgan fingerprint density at radius 2 is 2.57 bits per heavy atom. The molecule has 0 spiro atoms. The van der Waals surface area contributed by atoms with Gasteiger partial charge in [0, 0.05) is 0 Å². The number of rotatable bonds is 1. The molecular weight excluding hydrogens is 88.1 g/mol. The lowest BCUT2D eigenvalue weighted by Crippen LogP contribution is -2.05. The molecule has 0 bridgehead atoms. The van der Waals surface area contributed by atoms with Crippen LogP contribution in [0.5, 0.6) is 0 Å². The van der Waals surface area contributed by atoms with Crippen molar-refractivity contribution in [3.05, 3.63) is 0 Å². The first-order chi connectivity index (χ1) is 3.27. The maximum atomic E-state index is 5.13. The lowest BCUT2D eigenvalue weighted by molar-refractivity contribution is 1.26.